The molecular weight excluding hydrogens is 168 g/mol. The van der Waals surface area contributed by atoms with Gasteiger partial charge in [-0.15, -0.1) is 0 Å². The van der Waals surface area contributed by atoms with E-state index in [1.807, 2.05) is 11.9 Å². The van der Waals surface area contributed by atoms with Crippen LogP contribution in [0.1, 0.15) is 19.3 Å². The van der Waals surface area contributed by atoms with Gasteiger partial charge in [0, 0.05) is 19.0 Å². The third-order valence-electron chi connectivity index (χ3n) is 2.70. The van der Waals surface area contributed by atoms with Gasteiger partial charge in [-0.3, -0.25) is 4.79 Å². The standard InChI is InChI=1S/C9H14N2O2/c1-11(6-2-5-10)8-4-3-7(8)9(12)13/h7-8H,2-4,6H2,1H3,(H,12,13). The summed E-state index contributed by atoms with van der Waals surface area (Å²) in [6, 6.07) is 2.20. The van der Waals surface area contributed by atoms with Crippen LogP contribution in [0.2, 0.25) is 0 Å². The Morgan fingerprint density at radius 1 is 1.69 bits per heavy atom. The lowest BCUT2D eigenvalue weighted by Gasteiger charge is -2.39. The molecule has 0 aliphatic heterocycles. The molecule has 1 aliphatic carbocycles. The zero-order valence-electron chi connectivity index (χ0n) is 7.73. The van der Waals surface area contributed by atoms with Crippen LogP contribution in [-0.2, 0) is 4.79 Å². The highest BCUT2D eigenvalue weighted by molar-refractivity contribution is 5.72. The average Bonchev–Trinajstić information content (AvgIpc) is 1.97. The second-order valence-corrected chi connectivity index (χ2v) is 3.48. The normalized spacial score (nSPS) is 26.5. The van der Waals surface area contributed by atoms with Crippen molar-refractivity contribution in [1.82, 2.24) is 4.90 Å². The molecule has 0 heterocycles. The smallest absolute Gasteiger partial charge is 0.308 e. The van der Waals surface area contributed by atoms with Gasteiger partial charge in [0.15, 0.2) is 0 Å². The molecule has 0 aromatic rings. The highest BCUT2D eigenvalue weighted by Crippen LogP contribution is 2.31. The molecule has 0 aromatic carbocycles. The first-order valence-electron chi connectivity index (χ1n) is 4.47. The summed E-state index contributed by atoms with van der Waals surface area (Å²) in [5, 5.41) is 17.2. The number of hydrogen-bond acceptors (Lipinski definition) is 3. The summed E-state index contributed by atoms with van der Waals surface area (Å²) in [6.07, 6.45) is 2.19. The molecule has 1 saturated carbocycles. The van der Waals surface area contributed by atoms with Crippen molar-refractivity contribution in [3.63, 3.8) is 0 Å². The molecule has 1 aliphatic rings. The molecule has 13 heavy (non-hydrogen) atoms. The van der Waals surface area contributed by atoms with Crippen molar-refractivity contribution in [3.05, 3.63) is 0 Å². The summed E-state index contributed by atoms with van der Waals surface area (Å²) >= 11 is 0. The van der Waals surface area contributed by atoms with Crippen LogP contribution in [-0.4, -0.2) is 35.6 Å². The van der Waals surface area contributed by atoms with E-state index in [0.29, 0.717) is 13.0 Å². The molecule has 72 valence electrons. The maximum atomic E-state index is 10.7. The fourth-order valence-corrected chi connectivity index (χ4v) is 1.69. The summed E-state index contributed by atoms with van der Waals surface area (Å²) in [5.74, 6) is -0.927. The minimum Gasteiger partial charge on any atom is -0.481 e. The number of carbonyl (C=O) groups is 1. The van der Waals surface area contributed by atoms with E-state index < -0.39 is 5.97 Å². The zero-order chi connectivity index (χ0) is 9.84. The molecule has 4 heteroatoms. The van der Waals surface area contributed by atoms with Gasteiger partial charge >= 0.3 is 5.97 Å². The quantitative estimate of drug-likeness (QED) is 0.695. The highest BCUT2D eigenvalue weighted by atomic mass is 16.4. The lowest BCUT2D eigenvalue weighted by Crippen LogP contribution is -2.48. The van der Waals surface area contributed by atoms with Crippen molar-refractivity contribution in [1.29, 1.82) is 5.26 Å². The average molecular weight is 182 g/mol. The van der Waals surface area contributed by atoms with E-state index in [2.05, 4.69) is 6.07 Å². The molecule has 0 saturated heterocycles. The van der Waals surface area contributed by atoms with Gasteiger partial charge in [0.2, 0.25) is 0 Å². The number of aliphatic carboxylic acids is 1. The lowest BCUT2D eigenvalue weighted by atomic mass is 9.78. The molecule has 0 bridgehead atoms. The minimum atomic E-state index is -0.708. The van der Waals surface area contributed by atoms with E-state index in [0.717, 1.165) is 12.8 Å². The summed E-state index contributed by atoms with van der Waals surface area (Å²) in [4.78, 5) is 12.7. The third kappa shape index (κ3) is 2.19. The monoisotopic (exact) mass is 182 g/mol. The Morgan fingerprint density at radius 3 is 2.77 bits per heavy atom. The Hall–Kier alpha value is -1.08. The Kier molecular flexibility index (Phi) is 3.26. The summed E-state index contributed by atoms with van der Waals surface area (Å²) in [7, 11) is 1.89. The molecule has 4 nitrogen and oxygen atoms in total. The predicted molar refractivity (Wildman–Crippen MR) is 47.0 cm³/mol. The van der Waals surface area contributed by atoms with Crippen LogP contribution < -0.4 is 0 Å². The minimum absolute atomic E-state index is 0.144. The van der Waals surface area contributed by atoms with Crippen LogP contribution >= 0.6 is 0 Å². The molecule has 1 fully saturated rings. The van der Waals surface area contributed by atoms with Crippen molar-refractivity contribution in [2.24, 2.45) is 5.92 Å². The van der Waals surface area contributed by atoms with Gasteiger partial charge in [-0.05, 0) is 19.9 Å². The summed E-state index contributed by atoms with van der Waals surface area (Å²) < 4.78 is 0. The fourth-order valence-electron chi connectivity index (χ4n) is 1.69. The molecule has 0 spiro atoms. The van der Waals surface area contributed by atoms with Gasteiger partial charge in [0.25, 0.3) is 0 Å². The van der Waals surface area contributed by atoms with Crippen LogP contribution in [0.5, 0.6) is 0 Å². The van der Waals surface area contributed by atoms with Crippen LogP contribution in [0.3, 0.4) is 0 Å². The maximum absolute atomic E-state index is 10.7. The second-order valence-electron chi connectivity index (χ2n) is 3.48. The summed E-state index contributed by atoms with van der Waals surface area (Å²) in [5.41, 5.74) is 0. The molecule has 2 atom stereocenters. The largest absolute Gasteiger partial charge is 0.481 e. The molecule has 0 aromatic heterocycles. The van der Waals surface area contributed by atoms with Gasteiger partial charge < -0.3 is 10.0 Å². The van der Waals surface area contributed by atoms with E-state index >= 15 is 0 Å². The molecular formula is C9H14N2O2. The maximum Gasteiger partial charge on any atom is 0.308 e. The highest BCUT2D eigenvalue weighted by Gasteiger charge is 2.38. The topological polar surface area (TPSA) is 64.3 Å². The van der Waals surface area contributed by atoms with Crippen molar-refractivity contribution < 1.29 is 9.90 Å². The van der Waals surface area contributed by atoms with Crippen molar-refractivity contribution in [2.75, 3.05) is 13.6 Å². The van der Waals surface area contributed by atoms with E-state index in [-0.39, 0.29) is 12.0 Å². The fraction of sp³-hybridized carbons (Fsp3) is 0.778. The number of rotatable bonds is 4. The van der Waals surface area contributed by atoms with Crippen molar-refractivity contribution >= 4 is 5.97 Å². The van der Waals surface area contributed by atoms with E-state index in [9.17, 15) is 4.79 Å². The van der Waals surface area contributed by atoms with Crippen molar-refractivity contribution in [2.45, 2.75) is 25.3 Å². The van der Waals surface area contributed by atoms with Gasteiger partial charge in [0.05, 0.1) is 12.0 Å². The second kappa shape index (κ2) is 4.24. The Morgan fingerprint density at radius 2 is 2.38 bits per heavy atom. The van der Waals surface area contributed by atoms with E-state index in [1.54, 1.807) is 0 Å². The van der Waals surface area contributed by atoms with Crippen molar-refractivity contribution in [3.8, 4) is 6.07 Å². The molecule has 2 unspecified atom stereocenters. The van der Waals surface area contributed by atoms with Gasteiger partial charge in [-0.1, -0.05) is 0 Å². The first-order valence-corrected chi connectivity index (χ1v) is 4.47. The van der Waals surface area contributed by atoms with Crippen LogP contribution in [0.15, 0.2) is 0 Å². The number of nitrogens with zero attached hydrogens (tertiary/aromatic N) is 2. The predicted octanol–water partition coefficient (Wildman–Crippen LogP) is 0.695. The van der Waals surface area contributed by atoms with Crippen LogP contribution in [0.4, 0.5) is 0 Å². The number of carboxylic acids is 1. The molecule has 1 rings (SSSR count). The Labute approximate surface area is 77.8 Å². The molecule has 0 radical (unpaired) electrons. The van der Waals surface area contributed by atoms with Gasteiger partial charge in [0.1, 0.15) is 0 Å². The van der Waals surface area contributed by atoms with E-state index in [1.165, 1.54) is 0 Å². The number of nitriles is 1. The molecule has 0 amide bonds. The molecule has 1 N–H and O–H groups in total. The lowest BCUT2D eigenvalue weighted by molar-refractivity contribution is -0.148. The van der Waals surface area contributed by atoms with Gasteiger partial charge in [-0.2, -0.15) is 5.26 Å². The zero-order valence-corrected chi connectivity index (χ0v) is 7.73. The van der Waals surface area contributed by atoms with Crippen LogP contribution in [0.25, 0.3) is 0 Å². The van der Waals surface area contributed by atoms with Crippen LogP contribution in [0, 0.1) is 17.2 Å². The number of hydrogen-bond donors (Lipinski definition) is 1. The Balaban J connectivity index is 2.36. The van der Waals surface area contributed by atoms with Gasteiger partial charge in [-0.25, -0.2) is 0 Å². The van der Waals surface area contributed by atoms with E-state index in [4.69, 9.17) is 10.4 Å². The SMILES string of the molecule is CN(CCC#N)C1CCC1C(=O)O. The first-order chi connectivity index (χ1) is 6.16. The Bertz CT molecular complexity index is 234. The number of carboxylic acid groups (broad SMARTS) is 1. The summed E-state index contributed by atoms with van der Waals surface area (Å²) in [6.45, 7) is 0.672. The third-order valence-corrected chi connectivity index (χ3v) is 2.70. The first kappa shape index (κ1) is 10.0.